The number of hydrogen-bond donors (Lipinski definition) is 1. The maximum Gasteiger partial charge on any atom is 0.259 e. The first-order valence-electron chi connectivity index (χ1n) is 11.9. The molecule has 182 valence electrons. The Bertz CT molecular complexity index is 1640. The van der Waals surface area contributed by atoms with Gasteiger partial charge in [-0.1, -0.05) is 22.9 Å². The number of fused-ring (bicyclic) bond motifs is 4. The van der Waals surface area contributed by atoms with Crippen LogP contribution in [0.5, 0.6) is 0 Å². The Labute approximate surface area is 203 Å². The summed E-state index contributed by atoms with van der Waals surface area (Å²) in [5.41, 5.74) is 2.85. The van der Waals surface area contributed by atoms with Gasteiger partial charge in [0.1, 0.15) is 0 Å². The van der Waals surface area contributed by atoms with Crippen LogP contribution in [-0.2, 0) is 9.84 Å². The predicted molar refractivity (Wildman–Crippen MR) is 134 cm³/mol. The van der Waals surface area contributed by atoms with E-state index in [2.05, 4.69) is 32.1 Å². The van der Waals surface area contributed by atoms with Crippen molar-refractivity contribution in [3.8, 4) is 0 Å². The summed E-state index contributed by atoms with van der Waals surface area (Å²) in [6, 6.07) is 11.5. The number of benzene rings is 2. The Balaban J connectivity index is 1.46. The second-order valence-electron chi connectivity index (χ2n) is 9.91. The van der Waals surface area contributed by atoms with Crippen LogP contribution in [0, 0.1) is 19.8 Å². The van der Waals surface area contributed by atoms with Crippen LogP contribution in [0.1, 0.15) is 24.0 Å². The molecule has 2 aromatic heterocycles. The second kappa shape index (κ2) is 7.89. The van der Waals surface area contributed by atoms with E-state index >= 15 is 0 Å². The number of H-pyrrole nitrogens is 1. The molecular weight excluding hydrogens is 464 g/mol. The van der Waals surface area contributed by atoms with E-state index in [1.54, 1.807) is 25.1 Å². The Morgan fingerprint density at radius 2 is 1.89 bits per heavy atom. The molecule has 2 fully saturated rings. The minimum absolute atomic E-state index is 0.0794. The fourth-order valence-electron chi connectivity index (χ4n) is 5.84. The number of nitrogens with zero attached hydrogens (tertiary/aromatic N) is 5. The molecule has 0 bridgehead atoms. The fraction of sp³-hybridized carbons (Fsp3) is 0.400. The Kier molecular flexibility index (Phi) is 5.01. The molecule has 9 nitrogen and oxygen atoms in total. The number of likely N-dealkylation sites (tertiary alicyclic amines) is 1. The van der Waals surface area contributed by atoms with E-state index in [0.29, 0.717) is 28.4 Å². The smallest absolute Gasteiger partial charge is 0.259 e. The van der Waals surface area contributed by atoms with Crippen LogP contribution < -0.4 is 10.5 Å². The molecule has 0 radical (unpaired) electrons. The van der Waals surface area contributed by atoms with E-state index in [1.807, 2.05) is 25.1 Å². The van der Waals surface area contributed by atoms with Gasteiger partial charge in [0.15, 0.2) is 5.65 Å². The minimum Gasteiger partial charge on any atom is -0.371 e. The molecule has 4 heterocycles. The number of hydrogen-bond acceptors (Lipinski definition) is 7. The van der Waals surface area contributed by atoms with Crippen LogP contribution in [-0.4, -0.2) is 65.9 Å². The number of sulfone groups is 1. The van der Waals surface area contributed by atoms with Crippen LogP contribution >= 0.6 is 0 Å². The Morgan fingerprint density at radius 1 is 1.06 bits per heavy atom. The molecule has 2 aliphatic heterocycles. The van der Waals surface area contributed by atoms with E-state index in [1.165, 1.54) is 10.9 Å². The lowest BCUT2D eigenvalue weighted by molar-refractivity contribution is 0.239. The molecule has 2 aliphatic rings. The van der Waals surface area contributed by atoms with Gasteiger partial charge in [0, 0.05) is 24.8 Å². The first-order chi connectivity index (χ1) is 16.7. The largest absolute Gasteiger partial charge is 0.371 e. The lowest BCUT2D eigenvalue weighted by Crippen LogP contribution is -2.45. The number of aryl methyl sites for hydroxylation is 2. The summed E-state index contributed by atoms with van der Waals surface area (Å²) in [7, 11) is -1.78. The molecule has 0 aliphatic carbocycles. The van der Waals surface area contributed by atoms with Crippen LogP contribution in [0.2, 0.25) is 0 Å². The van der Waals surface area contributed by atoms with Crippen molar-refractivity contribution < 1.29 is 8.42 Å². The standard InChI is InChI=1S/C25H28N6O3S/c1-15-4-7-22(16(2)12-15)35(33,34)25-23-26-24(32)19-6-5-18(13-21(19)31(23)28-27-25)30-11-9-20-17(14-30)8-10-29(20)3/h4-7,12-13,17,20H,8-11,14H2,1-3H3,(H,26,32). The summed E-state index contributed by atoms with van der Waals surface area (Å²) in [4.78, 5) is 20.6. The molecule has 0 saturated carbocycles. The maximum atomic E-state index is 13.5. The number of piperidine rings is 1. The van der Waals surface area contributed by atoms with Crippen LogP contribution in [0.3, 0.4) is 0 Å². The lowest BCUT2D eigenvalue weighted by Gasteiger charge is -2.38. The van der Waals surface area contributed by atoms with Crippen molar-refractivity contribution in [3.63, 3.8) is 0 Å². The van der Waals surface area contributed by atoms with E-state index in [4.69, 9.17) is 0 Å². The van der Waals surface area contributed by atoms with Gasteiger partial charge in [-0.15, -0.1) is 5.10 Å². The molecule has 2 saturated heterocycles. The molecule has 2 atom stereocenters. The Morgan fingerprint density at radius 3 is 2.69 bits per heavy atom. The molecule has 6 rings (SSSR count). The van der Waals surface area contributed by atoms with Gasteiger partial charge in [-0.25, -0.2) is 8.42 Å². The highest BCUT2D eigenvalue weighted by Crippen LogP contribution is 2.33. The number of aromatic nitrogens is 4. The molecular formula is C25H28N6O3S. The molecule has 4 aromatic rings. The van der Waals surface area contributed by atoms with Crippen molar-refractivity contribution in [1.82, 2.24) is 24.7 Å². The van der Waals surface area contributed by atoms with Gasteiger partial charge in [-0.05, 0) is 76.0 Å². The third-order valence-electron chi connectivity index (χ3n) is 7.68. The van der Waals surface area contributed by atoms with Gasteiger partial charge >= 0.3 is 0 Å². The monoisotopic (exact) mass is 492 g/mol. The van der Waals surface area contributed by atoms with Crippen molar-refractivity contribution in [2.75, 3.05) is 31.6 Å². The van der Waals surface area contributed by atoms with Gasteiger partial charge in [0.25, 0.3) is 5.56 Å². The third-order valence-corrected chi connectivity index (χ3v) is 9.50. The maximum absolute atomic E-state index is 13.5. The molecule has 0 spiro atoms. The summed E-state index contributed by atoms with van der Waals surface area (Å²) in [6.45, 7) is 6.70. The van der Waals surface area contributed by atoms with Crippen molar-refractivity contribution in [3.05, 3.63) is 57.9 Å². The summed E-state index contributed by atoms with van der Waals surface area (Å²) in [5.74, 6) is 0.629. The lowest BCUT2D eigenvalue weighted by atomic mass is 9.92. The summed E-state index contributed by atoms with van der Waals surface area (Å²) >= 11 is 0. The summed E-state index contributed by atoms with van der Waals surface area (Å²) in [6.07, 6.45) is 2.30. The highest BCUT2D eigenvalue weighted by molar-refractivity contribution is 7.91. The SMILES string of the molecule is Cc1ccc(S(=O)(=O)c2nnn3c2[nH]c(=O)c2ccc(N4CCC5C(CCN5C)C4)cc23)c(C)c1. The number of anilines is 1. The quantitative estimate of drug-likeness (QED) is 0.469. The average Bonchev–Trinajstić information content (AvgIpc) is 3.42. The number of nitrogens with one attached hydrogen (secondary N) is 1. The first-order valence-corrected chi connectivity index (χ1v) is 13.4. The zero-order valence-corrected chi connectivity index (χ0v) is 20.8. The summed E-state index contributed by atoms with van der Waals surface area (Å²) < 4.78 is 28.4. The highest BCUT2D eigenvalue weighted by Gasteiger charge is 2.36. The van der Waals surface area contributed by atoms with Crippen LogP contribution in [0.4, 0.5) is 5.69 Å². The van der Waals surface area contributed by atoms with E-state index in [9.17, 15) is 13.2 Å². The Hall–Kier alpha value is -3.24. The molecule has 1 N–H and O–H groups in total. The first kappa shape index (κ1) is 22.2. The second-order valence-corrected chi connectivity index (χ2v) is 11.7. The fourth-order valence-corrected chi connectivity index (χ4v) is 7.32. The summed E-state index contributed by atoms with van der Waals surface area (Å²) in [5, 5.41) is 8.39. The highest BCUT2D eigenvalue weighted by atomic mass is 32.2. The minimum atomic E-state index is -3.98. The van der Waals surface area contributed by atoms with Crippen LogP contribution in [0.15, 0.2) is 51.1 Å². The van der Waals surface area contributed by atoms with Crippen molar-refractivity contribution >= 4 is 32.1 Å². The number of aromatic amines is 1. The van der Waals surface area contributed by atoms with Gasteiger partial charge in [0.2, 0.25) is 14.9 Å². The van der Waals surface area contributed by atoms with E-state index in [-0.39, 0.29) is 21.1 Å². The zero-order chi connectivity index (χ0) is 24.5. The van der Waals surface area contributed by atoms with Gasteiger partial charge in [-0.3, -0.25) is 4.79 Å². The van der Waals surface area contributed by atoms with Crippen molar-refractivity contribution in [1.29, 1.82) is 0 Å². The van der Waals surface area contributed by atoms with Crippen LogP contribution in [0.25, 0.3) is 16.6 Å². The zero-order valence-electron chi connectivity index (χ0n) is 20.0. The molecule has 35 heavy (non-hydrogen) atoms. The normalized spacial score (nSPS) is 21.2. The molecule has 2 aromatic carbocycles. The predicted octanol–water partition coefficient (Wildman–Crippen LogP) is 2.55. The van der Waals surface area contributed by atoms with Gasteiger partial charge < -0.3 is 14.8 Å². The van der Waals surface area contributed by atoms with E-state index in [0.717, 1.165) is 37.3 Å². The number of rotatable bonds is 3. The molecule has 0 amide bonds. The third kappa shape index (κ3) is 3.46. The van der Waals surface area contributed by atoms with Gasteiger partial charge in [0.05, 0.1) is 15.8 Å². The average molecular weight is 493 g/mol. The topological polar surface area (TPSA) is 104 Å². The van der Waals surface area contributed by atoms with Gasteiger partial charge in [-0.2, -0.15) is 4.52 Å². The molecule has 10 heteroatoms. The van der Waals surface area contributed by atoms with E-state index < -0.39 is 9.84 Å². The molecule has 2 unspecified atom stereocenters. The van der Waals surface area contributed by atoms with Crippen molar-refractivity contribution in [2.45, 2.75) is 42.7 Å². The van der Waals surface area contributed by atoms with Crippen molar-refractivity contribution in [2.24, 2.45) is 5.92 Å².